The second kappa shape index (κ2) is 9.58. The maximum absolute atomic E-state index is 13.2. The molecule has 212 valence electrons. The van der Waals surface area contributed by atoms with Crippen molar-refractivity contribution in [1.29, 1.82) is 0 Å². The normalized spacial score (nSPS) is 28.4. The van der Waals surface area contributed by atoms with Crippen LogP contribution in [0.15, 0.2) is 47.4 Å². The van der Waals surface area contributed by atoms with Crippen molar-refractivity contribution in [2.24, 2.45) is 17.8 Å². The zero-order valence-electron chi connectivity index (χ0n) is 22.7. The third-order valence-corrected chi connectivity index (χ3v) is 11.0. The van der Waals surface area contributed by atoms with Gasteiger partial charge in [-0.25, -0.2) is 17.9 Å². The predicted molar refractivity (Wildman–Crippen MR) is 150 cm³/mol. The van der Waals surface area contributed by atoms with Crippen molar-refractivity contribution in [1.82, 2.24) is 14.9 Å². The van der Waals surface area contributed by atoms with Gasteiger partial charge < -0.3 is 5.32 Å². The summed E-state index contributed by atoms with van der Waals surface area (Å²) in [5.41, 5.74) is 0.650. The van der Waals surface area contributed by atoms with Gasteiger partial charge in [-0.3, -0.25) is 14.5 Å². The van der Waals surface area contributed by atoms with Gasteiger partial charge in [-0.1, -0.05) is 29.8 Å². The second-order valence-electron chi connectivity index (χ2n) is 12.7. The molecule has 4 amide bonds. The Morgan fingerprint density at radius 2 is 1.57 bits per heavy atom. The smallest absolute Gasteiger partial charge is 0.329 e. The summed E-state index contributed by atoms with van der Waals surface area (Å²) in [5, 5.41) is 3.46. The van der Waals surface area contributed by atoms with Crippen molar-refractivity contribution in [3.63, 3.8) is 0 Å². The minimum absolute atomic E-state index is 0.0215. The number of sulfonamides is 1. The van der Waals surface area contributed by atoms with Gasteiger partial charge >= 0.3 is 6.03 Å². The molecule has 4 aliphatic carbocycles. The summed E-state index contributed by atoms with van der Waals surface area (Å²) in [6, 6.07) is 10.5. The molecular weight excluding hydrogens is 550 g/mol. The van der Waals surface area contributed by atoms with Gasteiger partial charge in [0.2, 0.25) is 5.91 Å². The van der Waals surface area contributed by atoms with E-state index in [1.165, 1.54) is 36.3 Å². The van der Waals surface area contributed by atoms with Crippen LogP contribution >= 0.6 is 11.6 Å². The molecular formula is C30H34ClN3O5S. The first kappa shape index (κ1) is 27.3. The van der Waals surface area contributed by atoms with Crippen LogP contribution in [0.3, 0.4) is 0 Å². The van der Waals surface area contributed by atoms with E-state index in [0.717, 1.165) is 24.8 Å². The second-order valence-corrected chi connectivity index (χ2v) is 14.8. The summed E-state index contributed by atoms with van der Waals surface area (Å²) < 4.78 is 28.1. The fraction of sp³-hybridized carbons (Fsp3) is 0.500. The Labute approximate surface area is 239 Å². The summed E-state index contributed by atoms with van der Waals surface area (Å²) in [6.45, 7) is 3.71. The van der Waals surface area contributed by atoms with Gasteiger partial charge in [-0.2, -0.15) is 0 Å². The van der Waals surface area contributed by atoms with Crippen molar-refractivity contribution >= 4 is 39.5 Å². The molecule has 5 aliphatic rings. The number of nitrogens with one attached hydrogen (secondary N) is 2. The highest BCUT2D eigenvalue weighted by atomic mass is 35.5. The lowest BCUT2D eigenvalue weighted by Gasteiger charge is -2.56. The molecule has 0 radical (unpaired) electrons. The van der Waals surface area contributed by atoms with Gasteiger partial charge in [-0.15, -0.1) is 0 Å². The van der Waals surface area contributed by atoms with Crippen LogP contribution in [0.2, 0.25) is 5.02 Å². The van der Waals surface area contributed by atoms with E-state index in [2.05, 4.69) is 10.0 Å². The van der Waals surface area contributed by atoms with Crippen LogP contribution in [0.25, 0.3) is 0 Å². The van der Waals surface area contributed by atoms with Crippen LogP contribution in [0.5, 0.6) is 0 Å². The predicted octanol–water partition coefficient (Wildman–Crippen LogP) is 4.80. The Morgan fingerprint density at radius 3 is 2.17 bits per heavy atom. The first-order valence-corrected chi connectivity index (χ1v) is 15.8. The number of fused-ring (bicyclic) bond motifs is 1. The van der Waals surface area contributed by atoms with E-state index >= 15 is 0 Å². The molecule has 1 heterocycles. The molecule has 0 atom stereocenters. The fourth-order valence-electron chi connectivity index (χ4n) is 7.92. The molecule has 4 bridgehead atoms. The summed E-state index contributed by atoms with van der Waals surface area (Å²) in [5.74, 6) is 1.20. The topological polar surface area (TPSA) is 113 Å². The van der Waals surface area contributed by atoms with E-state index < -0.39 is 27.4 Å². The Balaban J connectivity index is 1.09. The molecule has 4 saturated carbocycles. The van der Waals surface area contributed by atoms with E-state index in [4.69, 9.17) is 11.6 Å². The molecule has 0 saturated heterocycles. The standard InChI is InChI=1S/C30H34ClN3O5S/c1-29(2)25-8-5-22(31)14-24(25)26(35)34(27(29)36)10-9-18-3-6-23(7-4-18)40(38,39)33-28(37)32-30-15-19-11-20(16-30)13-21(12-19)17-30/h3-8,14,19-21H,9-13,15-17H2,1-2H3,(H2,32,33,37). The molecule has 8 nitrogen and oxygen atoms in total. The highest BCUT2D eigenvalue weighted by Crippen LogP contribution is 2.55. The van der Waals surface area contributed by atoms with Gasteiger partial charge in [0.1, 0.15) is 0 Å². The summed E-state index contributed by atoms with van der Waals surface area (Å²) >= 11 is 6.12. The first-order chi connectivity index (χ1) is 18.8. The van der Waals surface area contributed by atoms with E-state index in [0.29, 0.717) is 40.3 Å². The molecule has 2 aromatic rings. The van der Waals surface area contributed by atoms with Crippen LogP contribution in [0, 0.1) is 17.8 Å². The first-order valence-electron chi connectivity index (χ1n) is 14.0. The lowest BCUT2D eigenvalue weighted by atomic mass is 9.53. The van der Waals surface area contributed by atoms with Crippen molar-refractivity contribution < 1.29 is 22.8 Å². The molecule has 0 aromatic heterocycles. The zero-order valence-corrected chi connectivity index (χ0v) is 24.3. The Kier molecular flexibility index (Phi) is 6.53. The van der Waals surface area contributed by atoms with Crippen LogP contribution in [0.1, 0.15) is 73.9 Å². The maximum Gasteiger partial charge on any atom is 0.329 e. The molecule has 10 heteroatoms. The van der Waals surface area contributed by atoms with Crippen LogP contribution < -0.4 is 10.0 Å². The number of urea groups is 1. The van der Waals surface area contributed by atoms with E-state index in [1.54, 1.807) is 44.2 Å². The van der Waals surface area contributed by atoms with E-state index in [9.17, 15) is 22.8 Å². The summed E-state index contributed by atoms with van der Waals surface area (Å²) in [4.78, 5) is 40.3. The van der Waals surface area contributed by atoms with Crippen molar-refractivity contribution in [3.8, 4) is 0 Å². The molecule has 40 heavy (non-hydrogen) atoms. The van der Waals surface area contributed by atoms with E-state index in [1.807, 2.05) is 0 Å². The van der Waals surface area contributed by atoms with Crippen molar-refractivity contribution in [2.45, 2.75) is 74.6 Å². The molecule has 0 spiro atoms. The highest BCUT2D eigenvalue weighted by Gasteiger charge is 2.51. The minimum atomic E-state index is -4.06. The Bertz CT molecular complexity index is 1470. The quantitative estimate of drug-likeness (QED) is 0.474. The lowest BCUT2D eigenvalue weighted by Crippen LogP contribution is -2.61. The Hall–Kier alpha value is -2.91. The highest BCUT2D eigenvalue weighted by molar-refractivity contribution is 7.90. The number of carbonyl (C=O) groups is 3. The summed E-state index contributed by atoms with van der Waals surface area (Å²) in [6.07, 6.45) is 6.83. The van der Waals surface area contributed by atoms with Gasteiger partial charge in [-0.05, 0) is 112 Å². The third kappa shape index (κ3) is 4.81. The number of hydrogen-bond acceptors (Lipinski definition) is 5. The average Bonchev–Trinajstić information content (AvgIpc) is 2.86. The monoisotopic (exact) mass is 583 g/mol. The van der Waals surface area contributed by atoms with Gasteiger partial charge in [0.05, 0.1) is 10.3 Å². The van der Waals surface area contributed by atoms with Crippen LogP contribution in [0.4, 0.5) is 4.79 Å². The minimum Gasteiger partial charge on any atom is -0.332 e. The summed E-state index contributed by atoms with van der Waals surface area (Å²) in [7, 11) is -4.06. The molecule has 2 N–H and O–H groups in total. The molecule has 1 aliphatic heterocycles. The number of benzene rings is 2. The van der Waals surface area contributed by atoms with Crippen molar-refractivity contribution in [3.05, 3.63) is 64.2 Å². The lowest BCUT2D eigenvalue weighted by molar-refractivity contribution is -0.134. The van der Waals surface area contributed by atoms with Gasteiger partial charge in [0.15, 0.2) is 0 Å². The largest absolute Gasteiger partial charge is 0.332 e. The molecule has 7 rings (SSSR count). The number of carbonyl (C=O) groups excluding carboxylic acids is 3. The van der Waals surface area contributed by atoms with E-state index in [-0.39, 0.29) is 22.9 Å². The number of hydrogen-bond donors (Lipinski definition) is 2. The number of rotatable bonds is 6. The number of imide groups is 1. The third-order valence-electron chi connectivity index (χ3n) is 9.41. The zero-order chi connectivity index (χ0) is 28.4. The maximum atomic E-state index is 13.2. The SMILES string of the molecule is CC1(C)C(=O)N(CCc2ccc(S(=O)(=O)NC(=O)NC34CC5CC(CC(C5)C3)C4)cc2)C(=O)c2cc(Cl)ccc21. The van der Waals surface area contributed by atoms with Crippen LogP contribution in [-0.4, -0.2) is 43.2 Å². The number of halogens is 1. The average molecular weight is 584 g/mol. The molecule has 4 fully saturated rings. The molecule has 0 unspecified atom stereocenters. The fourth-order valence-corrected chi connectivity index (χ4v) is 9.00. The number of nitrogens with zero attached hydrogens (tertiary/aromatic N) is 1. The van der Waals surface area contributed by atoms with Gasteiger partial charge in [0.25, 0.3) is 15.9 Å². The van der Waals surface area contributed by atoms with Gasteiger partial charge in [0, 0.05) is 22.7 Å². The number of amides is 4. The molecule has 2 aromatic carbocycles. The Morgan fingerprint density at radius 1 is 0.975 bits per heavy atom. The van der Waals surface area contributed by atoms with Crippen LogP contribution in [-0.2, 0) is 26.7 Å². The van der Waals surface area contributed by atoms with Crippen molar-refractivity contribution in [2.75, 3.05) is 6.54 Å².